The van der Waals surface area contributed by atoms with Crippen molar-refractivity contribution in [2.24, 2.45) is 0 Å². The predicted octanol–water partition coefficient (Wildman–Crippen LogP) is 5.26. The molecule has 0 saturated carbocycles. The van der Waals surface area contributed by atoms with Crippen molar-refractivity contribution in [3.63, 3.8) is 0 Å². The van der Waals surface area contributed by atoms with E-state index in [-0.39, 0.29) is 18.7 Å². The zero-order valence-corrected chi connectivity index (χ0v) is 19.5. The molecule has 0 radical (unpaired) electrons. The number of carbonyl (C=O) groups is 1. The largest absolute Gasteiger partial charge is 0.492 e. The van der Waals surface area contributed by atoms with Crippen molar-refractivity contribution in [3.8, 4) is 16.9 Å². The maximum absolute atomic E-state index is 14.1. The second-order valence-electron chi connectivity index (χ2n) is 8.42. The number of nitrogens with zero attached hydrogens (tertiary/aromatic N) is 1. The van der Waals surface area contributed by atoms with Gasteiger partial charge in [-0.25, -0.2) is 9.18 Å². The summed E-state index contributed by atoms with van der Waals surface area (Å²) in [4.78, 5) is 23.9. The number of amides is 1. The third-order valence-corrected chi connectivity index (χ3v) is 4.80. The highest BCUT2D eigenvalue weighted by Crippen LogP contribution is 2.22. The zero-order valence-electron chi connectivity index (χ0n) is 18.7. The Labute approximate surface area is 196 Å². The standard InChI is InChI=1S/C25H26ClFN2O4/c1-25(2,3)33-24(31)28-12-13-32-21-9-5-17(6-10-21)18-7-11-23(30)29(15-18)16-19-4-8-20(26)14-22(19)27/h4-11,14-15H,12-13,16H2,1-3H3,(H,28,31). The summed E-state index contributed by atoms with van der Waals surface area (Å²) in [5, 5.41) is 2.94. The van der Waals surface area contributed by atoms with Gasteiger partial charge in [-0.15, -0.1) is 0 Å². The minimum absolute atomic E-state index is 0.0987. The highest BCUT2D eigenvalue weighted by atomic mass is 35.5. The molecular formula is C25H26ClFN2O4. The molecule has 0 spiro atoms. The van der Waals surface area contributed by atoms with Gasteiger partial charge in [0, 0.05) is 22.8 Å². The molecular weight excluding hydrogens is 447 g/mol. The molecule has 0 fully saturated rings. The van der Waals surface area contributed by atoms with Crippen molar-refractivity contribution in [1.29, 1.82) is 0 Å². The molecule has 2 aromatic carbocycles. The number of pyridine rings is 1. The number of rotatable bonds is 7. The third kappa shape index (κ3) is 7.36. The van der Waals surface area contributed by atoms with Crippen LogP contribution in [0.2, 0.25) is 5.02 Å². The van der Waals surface area contributed by atoms with Crippen LogP contribution in [0.5, 0.6) is 5.75 Å². The van der Waals surface area contributed by atoms with Crippen LogP contribution in [0, 0.1) is 5.82 Å². The number of ether oxygens (including phenoxy) is 2. The van der Waals surface area contributed by atoms with Gasteiger partial charge in [0.15, 0.2) is 0 Å². The lowest BCUT2D eigenvalue weighted by atomic mass is 10.1. The van der Waals surface area contributed by atoms with Gasteiger partial charge in [-0.05, 0) is 62.2 Å². The van der Waals surface area contributed by atoms with Crippen LogP contribution in [-0.2, 0) is 11.3 Å². The number of hydrogen-bond donors (Lipinski definition) is 1. The van der Waals surface area contributed by atoms with E-state index in [9.17, 15) is 14.0 Å². The molecule has 6 nitrogen and oxygen atoms in total. The first-order chi connectivity index (χ1) is 15.6. The molecule has 33 heavy (non-hydrogen) atoms. The van der Waals surface area contributed by atoms with Gasteiger partial charge >= 0.3 is 6.09 Å². The molecule has 3 rings (SSSR count). The SMILES string of the molecule is CC(C)(C)OC(=O)NCCOc1ccc(-c2ccc(=O)n(Cc3ccc(Cl)cc3F)c2)cc1. The van der Waals surface area contributed by atoms with Crippen molar-refractivity contribution in [2.45, 2.75) is 32.9 Å². The van der Waals surface area contributed by atoms with Crippen molar-refractivity contribution in [2.75, 3.05) is 13.2 Å². The first kappa shape index (κ1) is 24.3. The Kier molecular flexibility index (Phi) is 7.76. The molecule has 174 valence electrons. The van der Waals surface area contributed by atoms with Gasteiger partial charge in [0.05, 0.1) is 13.1 Å². The van der Waals surface area contributed by atoms with Crippen molar-refractivity contribution >= 4 is 17.7 Å². The molecule has 1 aromatic heterocycles. The normalized spacial score (nSPS) is 11.2. The number of halogens is 2. The summed E-state index contributed by atoms with van der Waals surface area (Å²) in [5.74, 6) is 0.184. The Hall–Kier alpha value is -3.32. The lowest BCUT2D eigenvalue weighted by Gasteiger charge is -2.19. The summed E-state index contributed by atoms with van der Waals surface area (Å²) in [6.45, 7) is 6.09. The molecule has 1 amide bonds. The van der Waals surface area contributed by atoms with E-state index in [1.807, 2.05) is 12.1 Å². The van der Waals surface area contributed by atoms with E-state index in [2.05, 4.69) is 5.32 Å². The molecule has 0 aliphatic carbocycles. The van der Waals surface area contributed by atoms with E-state index in [0.29, 0.717) is 22.9 Å². The van der Waals surface area contributed by atoms with Crippen molar-refractivity contribution in [1.82, 2.24) is 9.88 Å². The summed E-state index contributed by atoms with van der Waals surface area (Å²) in [6.07, 6.45) is 1.20. The number of hydrogen-bond acceptors (Lipinski definition) is 4. The van der Waals surface area contributed by atoms with Gasteiger partial charge in [0.25, 0.3) is 5.56 Å². The molecule has 0 aliphatic rings. The molecule has 0 bridgehead atoms. The number of alkyl carbamates (subject to hydrolysis) is 1. The summed E-state index contributed by atoms with van der Waals surface area (Å²) >= 11 is 5.80. The monoisotopic (exact) mass is 472 g/mol. The van der Waals surface area contributed by atoms with Crippen LogP contribution in [0.25, 0.3) is 11.1 Å². The Morgan fingerprint density at radius 3 is 2.42 bits per heavy atom. The predicted molar refractivity (Wildman–Crippen MR) is 126 cm³/mol. The van der Waals surface area contributed by atoms with Gasteiger partial charge in [-0.2, -0.15) is 0 Å². The minimum atomic E-state index is -0.549. The van der Waals surface area contributed by atoms with Crippen LogP contribution >= 0.6 is 11.6 Å². The maximum Gasteiger partial charge on any atom is 0.407 e. The van der Waals surface area contributed by atoms with Gasteiger partial charge < -0.3 is 19.4 Å². The summed E-state index contributed by atoms with van der Waals surface area (Å²) in [5.41, 5.74) is 1.28. The van der Waals surface area contributed by atoms with Crippen LogP contribution in [0.15, 0.2) is 65.6 Å². The fourth-order valence-electron chi connectivity index (χ4n) is 3.04. The van der Waals surface area contributed by atoms with E-state index in [1.54, 1.807) is 57.3 Å². The second-order valence-corrected chi connectivity index (χ2v) is 8.86. The van der Waals surface area contributed by atoms with E-state index >= 15 is 0 Å². The molecule has 1 heterocycles. The Morgan fingerprint density at radius 1 is 1.06 bits per heavy atom. The average Bonchev–Trinajstić information content (AvgIpc) is 2.74. The van der Waals surface area contributed by atoms with Crippen molar-refractivity contribution < 1.29 is 18.7 Å². The Morgan fingerprint density at radius 2 is 1.76 bits per heavy atom. The molecule has 0 saturated heterocycles. The topological polar surface area (TPSA) is 69.6 Å². The fraction of sp³-hybridized carbons (Fsp3) is 0.280. The quantitative estimate of drug-likeness (QED) is 0.476. The van der Waals surface area contributed by atoms with E-state index in [4.69, 9.17) is 21.1 Å². The van der Waals surface area contributed by atoms with Crippen LogP contribution in [0.1, 0.15) is 26.3 Å². The molecule has 3 aromatic rings. The fourth-order valence-corrected chi connectivity index (χ4v) is 3.20. The van der Waals surface area contributed by atoms with Crippen LogP contribution in [-0.4, -0.2) is 29.4 Å². The smallest absolute Gasteiger partial charge is 0.407 e. The number of benzene rings is 2. The lowest BCUT2D eigenvalue weighted by molar-refractivity contribution is 0.0520. The minimum Gasteiger partial charge on any atom is -0.492 e. The van der Waals surface area contributed by atoms with Gasteiger partial charge in [0.2, 0.25) is 0 Å². The highest BCUT2D eigenvalue weighted by molar-refractivity contribution is 6.30. The van der Waals surface area contributed by atoms with E-state index in [0.717, 1.165) is 11.1 Å². The average molecular weight is 473 g/mol. The number of carbonyl (C=O) groups excluding carboxylic acids is 1. The van der Waals surface area contributed by atoms with Gasteiger partial charge in [-0.1, -0.05) is 29.8 Å². The Balaban J connectivity index is 1.61. The molecule has 1 N–H and O–H groups in total. The zero-order chi connectivity index (χ0) is 24.0. The van der Waals surface area contributed by atoms with Gasteiger partial charge in [-0.3, -0.25) is 4.79 Å². The summed E-state index contributed by atoms with van der Waals surface area (Å²) < 4.78 is 26.4. The number of nitrogens with one attached hydrogen (secondary N) is 1. The lowest BCUT2D eigenvalue weighted by Crippen LogP contribution is -2.34. The molecule has 0 aliphatic heterocycles. The molecule has 0 unspecified atom stereocenters. The van der Waals surface area contributed by atoms with Crippen LogP contribution < -0.4 is 15.6 Å². The number of aromatic nitrogens is 1. The third-order valence-electron chi connectivity index (χ3n) is 4.57. The molecule has 8 heteroatoms. The van der Waals surface area contributed by atoms with Crippen molar-refractivity contribution in [3.05, 3.63) is 87.6 Å². The van der Waals surface area contributed by atoms with Crippen LogP contribution in [0.3, 0.4) is 0 Å². The highest BCUT2D eigenvalue weighted by Gasteiger charge is 2.15. The first-order valence-corrected chi connectivity index (χ1v) is 10.8. The Bertz CT molecular complexity index is 1170. The second kappa shape index (κ2) is 10.5. The van der Waals surface area contributed by atoms with E-state index < -0.39 is 17.5 Å². The van der Waals surface area contributed by atoms with Gasteiger partial charge in [0.1, 0.15) is 23.8 Å². The van der Waals surface area contributed by atoms with E-state index in [1.165, 1.54) is 16.7 Å². The van der Waals surface area contributed by atoms with Crippen LogP contribution in [0.4, 0.5) is 9.18 Å². The maximum atomic E-state index is 14.1. The molecule has 0 atom stereocenters. The summed E-state index contributed by atoms with van der Waals surface area (Å²) in [6, 6.07) is 14.9. The summed E-state index contributed by atoms with van der Waals surface area (Å²) in [7, 11) is 0. The first-order valence-electron chi connectivity index (χ1n) is 10.5.